The smallest absolute Gasteiger partial charge is 0.255 e. The summed E-state index contributed by atoms with van der Waals surface area (Å²) in [6, 6.07) is -0.363. The van der Waals surface area contributed by atoms with E-state index in [9.17, 15) is 51.3 Å². The number of carbonyl (C=O) groups excluding carboxylic acids is 4. The average Bonchev–Trinajstić information content (AvgIpc) is 3.82. The summed E-state index contributed by atoms with van der Waals surface area (Å²) in [6.45, 7) is 2.57. The molecule has 0 radical (unpaired) electrons. The number of likely N-dealkylation sites (N-methyl/N-ethyl adjacent to an activating group) is 1. The van der Waals surface area contributed by atoms with Gasteiger partial charge in [0.25, 0.3) is 5.91 Å². The van der Waals surface area contributed by atoms with Crippen molar-refractivity contribution >= 4 is 23.6 Å². The molecule has 0 aromatic heterocycles. The summed E-state index contributed by atoms with van der Waals surface area (Å²) in [5.41, 5.74) is -1.59. The Bertz CT molecular complexity index is 1460. The Labute approximate surface area is 248 Å². The van der Waals surface area contributed by atoms with Crippen LogP contribution in [-0.2, 0) is 20.8 Å². The standard InChI is InChI=1S/C29H31F5N4O6/c1-11-25(40)16(10-15-18(30)20(32)22(34)21(33)19(15)31)36-27(42)23(37-26(41)14-6-4-5-7-17(14)39)12(2)35-28(43)24(13-8-9-13)38(3)29(11)44/h4-7,11-13,16,23-25,39-40H,8-10H2,1-3H3,(H,35,43)(H,36,42)(H,37,41)/t11-,12-,16+,23+,24?,25+/m1/s1. The summed E-state index contributed by atoms with van der Waals surface area (Å²) in [4.78, 5) is 54.5. The Morgan fingerprint density at radius 3 is 2.07 bits per heavy atom. The second-order valence-corrected chi connectivity index (χ2v) is 11.1. The summed E-state index contributed by atoms with van der Waals surface area (Å²) < 4.78 is 71.1. The van der Waals surface area contributed by atoms with Crippen molar-refractivity contribution in [2.75, 3.05) is 7.05 Å². The van der Waals surface area contributed by atoms with E-state index in [1.165, 1.54) is 45.2 Å². The fourth-order valence-electron chi connectivity index (χ4n) is 5.35. The van der Waals surface area contributed by atoms with Crippen LogP contribution < -0.4 is 16.0 Å². The molecule has 2 aromatic rings. The molecule has 0 bridgehead atoms. The molecule has 2 fully saturated rings. The Hall–Kier alpha value is -4.27. The molecule has 15 heteroatoms. The molecule has 1 unspecified atom stereocenters. The van der Waals surface area contributed by atoms with Crippen molar-refractivity contribution in [2.45, 2.75) is 63.4 Å². The zero-order chi connectivity index (χ0) is 32.6. The highest BCUT2D eigenvalue weighted by molar-refractivity contribution is 6.00. The maximum atomic E-state index is 14.7. The van der Waals surface area contributed by atoms with E-state index in [0.29, 0.717) is 12.8 Å². The highest BCUT2D eigenvalue weighted by Crippen LogP contribution is 2.36. The van der Waals surface area contributed by atoms with E-state index < -0.39 is 107 Å². The molecule has 10 nitrogen and oxygen atoms in total. The number of phenolic OH excluding ortho intramolecular Hbond substituents is 1. The van der Waals surface area contributed by atoms with Crippen LogP contribution in [0.5, 0.6) is 5.75 Å². The first-order chi connectivity index (χ1) is 20.6. The summed E-state index contributed by atoms with van der Waals surface area (Å²) in [7, 11) is 1.32. The summed E-state index contributed by atoms with van der Waals surface area (Å²) in [6.07, 6.45) is -1.92. The van der Waals surface area contributed by atoms with Gasteiger partial charge in [0.05, 0.1) is 29.7 Å². The fraction of sp³-hybridized carbons (Fsp3) is 0.448. The van der Waals surface area contributed by atoms with E-state index >= 15 is 0 Å². The minimum Gasteiger partial charge on any atom is -0.507 e. The van der Waals surface area contributed by atoms with Gasteiger partial charge in [-0.1, -0.05) is 19.1 Å². The predicted octanol–water partition coefficient (Wildman–Crippen LogP) is 1.67. The van der Waals surface area contributed by atoms with Crippen LogP contribution in [-0.4, -0.2) is 76.1 Å². The third-order valence-electron chi connectivity index (χ3n) is 8.06. The van der Waals surface area contributed by atoms with Gasteiger partial charge in [-0.15, -0.1) is 0 Å². The molecule has 1 saturated carbocycles. The Balaban J connectivity index is 1.78. The molecule has 6 atom stereocenters. The molecule has 1 saturated heterocycles. The minimum absolute atomic E-state index is 0.238. The van der Waals surface area contributed by atoms with E-state index in [-0.39, 0.29) is 11.5 Å². The lowest BCUT2D eigenvalue weighted by molar-refractivity contribution is -0.147. The predicted molar refractivity (Wildman–Crippen MR) is 143 cm³/mol. The summed E-state index contributed by atoms with van der Waals surface area (Å²) >= 11 is 0. The maximum Gasteiger partial charge on any atom is 0.255 e. The normalized spacial score (nSPS) is 26.8. The number of halogens is 5. The quantitative estimate of drug-likeness (QED) is 0.194. The number of hydrogen-bond acceptors (Lipinski definition) is 6. The first kappa shape index (κ1) is 32.6. The Morgan fingerprint density at radius 1 is 0.932 bits per heavy atom. The van der Waals surface area contributed by atoms with Gasteiger partial charge in [0.15, 0.2) is 23.3 Å². The summed E-state index contributed by atoms with van der Waals surface area (Å²) in [5, 5.41) is 28.6. The third-order valence-corrected chi connectivity index (χ3v) is 8.06. The van der Waals surface area contributed by atoms with Crippen molar-refractivity contribution in [1.29, 1.82) is 0 Å². The average molecular weight is 627 g/mol. The van der Waals surface area contributed by atoms with Crippen LogP contribution in [0.15, 0.2) is 24.3 Å². The van der Waals surface area contributed by atoms with E-state index in [4.69, 9.17) is 0 Å². The van der Waals surface area contributed by atoms with Gasteiger partial charge in [0, 0.05) is 19.0 Å². The molecule has 1 aliphatic carbocycles. The monoisotopic (exact) mass is 626 g/mol. The van der Waals surface area contributed by atoms with Gasteiger partial charge < -0.3 is 31.1 Å². The number of para-hydroxylation sites is 1. The van der Waals surface area contributed by atoms with Crippen molar-refractivity contribution in [1.82, 2.24) is 20.9 Å². The second-order valence-electron chi connectivity index (χ2n) is 11.1. The number of phenols is 1. The number of hydrogen-bond donors (Lipinski definition) is 5. The minimum atomic E-state index is -2.40. The van der Waals surface area contributed by atoms with Crippen molar-refractivity contribution < 1.29 is 51.3 Å². The van der Waals surface area contributed by atoms with Crippen LogP contribution >= 0.6 is 0 Å². The van der Waals surface area contributed by atoms with Gasteiger partial charge in [-0.05, 0) is 37.8 Å². The lowest BCUT2D eigenvalue weighted by Crippen LogP contribution is -2.64. The van der Waals surface area contributed by atoms with Crippen LogP contribution in [0.25, 0.3) is 0 Å². The number of aromatic hydroxyl groups is 1. The largest absolute Gasteiger partial charge is 0.507 e. The lowest BCUT2D eigenvalue weighted by Gasteiger charge is -2.37. The number of amides is 4. The molecular weight excluding hydrogens is 595 g/mol. The number of nitrogens with zero attached hydrogens (tertiary/aromatic N) is 1. The SMILES string of the molecule is C[C@H]1NC(=O)C(C2CC2)N(C)C(=O)[C@H](C)[C@H](O)[C@H](Cc2c(F)c(F)c(F)c(F)c2F)NC(=O)[C@H]1NC(=O)c1ccccc1O. The zero-order valence-corrected chi connectivity index (χ0v) is 23.8. The second kappa shape index (κ2) is 12.8. The van der Waals surface area contributed by atoms with Gasteiger partial charge in [-0.25, -0.2) is 22.0 Å². The van der Waals surface area contributed by atoms with E-state index in [2.05, 4.69) is 16.0 Å². The van der Waals surface area contributed by atoms with Gasteiger partial charge in [-0.2, -0.15) is 0 Å². The molecule has 1 aliphatic heterocycles. The lowest BCUT2D eigenvalue weighted by atomic mass is 9.90. The molecule has 4 amide bonds. The van der Waals surface area contributed by atoms with Crippen LogP contribution in [0.2, 0.25) is 0 Å². The summed E-state index contributed by atoms with van der Waals surface area (Å²) in [5.74, 6) is -16.9. The van der Waals surface area contributed by atoms with Gasteiger partial charge in [0.2, 0.25) is 23.5 Å². The van der Waals surface area contributed by atoms with Crippen LogP contribution in [0, 0.1) is 40.9 Å². The molecule has 2 aromatic carbocycles. The fourth-order valence-corrected chi connectivity index (χ4v) is 5.35. The molecular formula is C29H31F5N4O6. The molecule has 1 heterocycles. The van der Waals surface area contributed by atoms with Crippen LogP contribution in [0.3, 0.4) is 0 Å². The van der Waals surface area contributed by atoms with Crippen molar-refractivity contribution in [3.63, 3.8) is 0 Å². The molecule has 4 rings (SSSR count). The van der Waals surface area contributed by atoms with E-state index in [0.717, 1.165) is 4.90 Å². The maximum absolute atomic E-state index is 14.7. The van der Waals surface area contributed by atoms with E-state index in [1.54, 1.807) is 0 Å². The third kappa shape index (κ3) is 6.32. The molecule has 5 N–H and O–H groups in total. The Kier molecular flexibility index (Phi) is 9.47. The molecule has 2 aliphatic rings. The van der Waals surface area contributed by atoms with Gasteiger partial charge >= 0.3 is 0 Å². The topological polar surface area (TPSA) is 148 Å². The highest BCUT2D eigenvalue weighted by atomic mass is 19.2. The number of benzene rings is 2. The van der Waals surface area contributed by atoms with Gasteiger partial charge in [0.1, 0.15) is 17.8 Å². The molecule has 238 valence electrons. The molecule has 44 heavy (non-hydrogen) atoms. The number of nitrogens with one attached hydrogen (secondary N) is 3. The number of rotatable bonds is 5. The van der Waals surface area contributed by atoms with Crippen molar-refractivity contribution in [3.8, 4) is 5.75 Å². The number of aliphatic hydroxyl groups is 1. The van der Waals surface area contributed by atoms with Crippen LogP contribution in [0.1, 0.15) is 42.6 Å². The first-order valence-electron chi connectivity index (χ1n) is 13.8. The highest BCUT2D eigenvalue weighted by Gasteiger charge is 2.45. The van der Waals surface area contributed by atoms with E-state index in [1.807, 2.05) is 0 Å². The first-order valence-corrected chi connectivity index (χ1v) is 13.8. The number of aliphatic hydroxyl groups excluding tert-OH is 1. The van der Waals surface area contributed by atoms with Crippen LogP contribution in [0.4, 0.5) is 22.0 Å². The van der Waals surface area contributed by atoms with Crippen molar-refractivity contribution in [3.05, 3.63) is 64.5 Å². The van der Waals surface area contributed by atoms with Crippen molar-refractivity contribution in [2.24, 2.45) is 11.8 Å². The molecule has 0 spiro atoms. The Morgan fingerprint density at radius 2 is 1.50 bits per heavy atom. The zero-order valence-electron chi connectivity index (χ0n) is 23.8. The van der Waals surface area contributed by atoms with Gasteiger partial charge in [-0.3, -0.25) is 19.2 Å². The number of carbonyl (C=O) groups is 4.